The molecule has 0 saturated carbocycles. The Balaban J connectivity index is 0.00000220. The number of rotatable bonds is 5. The van der Waals surface area contributed by atoms with Crippen LogP contribution in [-0.4, -0.2) is 23.0 Å². The van der Waals surface area contributed by atoms with Crippen LogP contribution in [0.4, 0.5) is 5.69 Å². The molecule has 2 rings (SSSR count). The molecule has 0 radical (unpaired) electrons. The fourth-order valence-electron chi connectivity index (χ4n) is 2.22. The zero-order chi connectivity index (χ0) is 14.6. The lowest BCUT2D eigenvalue weighted by Crippen LogP contribution is -2.48. The van der Waals surface area contributed by atoms with E-state index in [-0.39, 0.29) is 18.3 Å². The first-order valence-electron chi connectivity index (χ1n) is 6.96. The van der Waals surface area contributed by atoms with Crippen molar-refractivity contribution in [2.24, 2.45) is 5.73 Å². The van der Waals surface area contributed by atoms with Crippen molar-refractivity contribution in [1.29, 1.82) is 0 Å². The largest absolute Gasteiger partial charge is 0.324 e. The van der Waals surface area contributed by atoms with Crippen LogP contribution in [0.2, 0.25) is 0 Å². The number of carbonyl (C=O) groups is 1. The van der Waals surface area contributed by atoms with E-state index in [1.165, 1.54) is 17.1 Å². The Kier molecular flexibility index (Phi) is 7.40. The third-order valence-electron chi connectivity index (χ3n) is 3.33. The number of nitrogens with one attached hydrogen (secondary N) is 1. The van der Waals surface area contributed by atoms with Crippen LogP contribution in [0, 0.1) is 0 Å². The molecule has 1 atom stereocenters. The van der Waals surface area contributed by atoms with Crippen molar-refractivity contribution in [3.63, 3.8) is 0 Å². The van der Waals surface area contributed by atoms with Gasteiger partial charge in [0.2, 0.25) is 5.91 Å². The van der Waals surface area contributed by atoms with Gasteiger partial charge >= 0.3 is 0 Å². The van der Waals surface area contributed by atoms with Gasteiger partial charge < -0.3 is 11.1 Å². The highest BCUT2D eigenvalue weighted by atomic mass is 35.5. The van der Waals surface area contributed by atoms with Gasteiger partial charge in [-0.15, -0.1) is 35.9 Å². The maximum atomic E-state index is 12.2. The van der Waals surface area contributed by atoms with Gasteiger partial charge in [0.05, 0.1) is 10.1 Å². The summed E-state index contributed by atoms with van der Waals surface area (Å²) in [7, 11) is 0. The maximum absolute atomic E-state index is 12.2. The van der Waals surface area contributed by atoms with Gasteiger partial charge in [0.1, 0.15) is 0 Å². The number of nitrogens with two attached hydrogens (primary N) is 1. The molecule has 0 spiro atoms. The molecule has 1 heterocycles. The average Bonchev–Trinajstić information content (AvgIpc) is 2.93. The molecule has 1 saturated heterocycles. The van der Waals surface area contributed by atoms with Crippen LogP contribution in [0.1, 0.15) is 36.8 Å². The second-order valence-electron chi connectivity index (χ2n) is 5.32. The number of carbonyl (C=O) groups excluding carboxylic acids is 1. The smallest absolute Gasteiger partial charge is 0.244 e. The van der Waals surface area contributed by atoms with E-state index in [9.17, 15) is 4.79 Å². The topological polar surface area (TPSA) is 55.1 Å². The van der Waals surface area contributed by atoms with Crippen molar-refractivity contribution in [2.45, 2.75) is 36.8 Å². The molecule has 1 amide bonds. The van der Waals surface area contributed by atoms with Crippen LogP contribution in [0.3, 0.4) is 0 Å². The molecule has 6 heteroatoms. The SMILES string of the molecule is CCCC(C)(N)C(=O)Nc1cccc(C2SCCS2)c1.Cl. The van der Waals surface area contributed by atoms with Gasteiger partial charge in [0.25, 0.3) is 0 Å². The molecular formula is C15H23ClN2OS2. The molecule has 0 bridgehead atoms. The molecule has 1 aliphatic heterocycles. The first-order valence-corrected chi connectivity index (χ1v) is 9.06. The molecule has 3 nitrogen and oxygen atoms in total. The van der Waals surface area contributed by atoms with E-state index in [0.717, 1.165) is 12.1 Å². The van der Waals surface area contributed by atoms with E-state index in [4.69, 9.17) is 5.73 Å². The summed E-state index contributed by atoms with van der Waals surface area (Å²) in [6, 6.07) is 8.11. The van der Waals surface area contributed by atoms with E-state index >= 15 is 0 Å². The molecule has 1 aromatic carbocycles. The highest BCUT2D eigenvalue weighted by Gasteiger charge is 2.27. The van der Waals surface area contributed by atoms with Crippen molar-refractivity contribution in [1.82, 2.24) is 0 Å². The third-order valence-corrected chi connectivity index (χ3v) is 6.43. The monoisotopic (exact) mass is 346 g/mol. The number of benzene rings is 1. The minimum Gasteiger partial charge on any atom is -0.324 e. The van der Waals surface area contributed by atoms with Crippen LogP contribution < -0.4 is 11.1 Å². The van der Waals surface area contributed by atoms with Gasteiger partial charge in [0.15, 0.2) is 0 Å². The molecule has 21 heavy (non-hydrogen) atoms. The number of hydrogen-bond donors (Lipinski definition) is 2. The number of anilines is 1. The molecule has 118 valence electrons. The van der Waals surface area contributed by atoms with E-state index < -0.39 is 5.54 Å². The number of amides is 1. The Morgan fingerprint density at radius 3 is 2.71 bits per heavy atom. The molecule has 1 aliphatic rings. The summed E-state index contributed by atoms with van der Waals surface area (Å²) in [5.74, 6) is 2.29. The summed E-state index contributed by atoms with van der Waals surface area (Å²) in [6.45, 7) is 3.83. The minimum atomic E-state index is -0.804. The lowest BCUT2D eigenvalue weighted by atomic mass is 9.96. The van der Waals surface area contributed by atoms with Crippen LogP contribution in [0.25, 0.3) is 0 Å². The van der Waals surface area contributed by atoms with Crippen LogP contribution in [0.5, 0.6) is 0 Å². The Morgan fingerprint density at radius 2 is 2.10 bits per heavy atom. The standard InChI is InChI=1S/C15H22N2OS2.ClH/c1-3-7-15(2,16)14(18)17-12-6-4-5-11(10-12)13-19-8-9-20-13;/h4-6,10,13H,3,7-9,16H2,1-2H3,(H,17,18);1H. The van der Waals surface area contributed by atoms with Gasteiger partial charge in [-0.2, -0.15) is 0 Å². The summed E-state index contributed by atoms with van der Waals surface area (Å²) in [5, 5.41) is 2.95. The number of hydrogen-bond acceptors (Lipinski definition) is 4. The van der Waals surface area contributed by atoms with E-state index in [1.54, 1.807) is 6.92 Å². The van der Waals surface area contributed by atoms with Crippen LogP contribution >= 0.6 is 35.9 Å². The summed E-state index contributed by atoms with van der Waals surface area (Å²) in [6.07, 6.45) is 1.59. The third kappa shape index (κ3) is 5.09. The normalized spacial score (nSPS) is 17.9. The fourth-order valence-corrected chi connectivity index (χ4v) is 5.06. The molecule has 0 aromatic heterocycles. The number of halogens is 1. The molecule has 1 fully saturated rings. The quantitative estimate of drug-likeness (QED) is 0.844. The molecule has 1 aromatic rings. The predicted molar refractivity (Wildman–Crippen MR) is 97.5 cm³/mol. The van der Waals surface area contributed by atoms with Gasteiger partial charge in [-0.1, -0.05) is 25.5 Å². The van der Waals surface area contributed by atoms with Gasteiger partial charge in [-0.25, -0.2) is 0 Å². The van der Waals surface area contributed by atoms with E-state index in [1.807, 2.05) is 42.6 Å². The van der Waals surface area contributed by atoms with Crippen molar-refractivity contribution in [2.75, 3.05) is 16.8 Å². The van der Waals surface area contributed by atoms with Crippen LogP contribution in [-0.2, 0) is 4.79 Å². The first kappa shape index (κ1) is 18.7. The minimum absolute atomic E-state index is 0. The zero-order valence-electron chi connectivity index (χ0n) is 12.4. The maximum Gasteiger partial charge on any atom is 0.244 e. The molecule has 0 aliphatic carbocycles. The number of thioether (sulfide) groups is 2. The van der Waals surface area contributed by atoms with Gasteiger partial charge in [-0.05, 0) is 31.0 Å². The van der Waals surface area contributed by atoms with Crippen molar-refractivity contribution in [3.05, 3.63) is 29.8 Å². The van der Waals surface area contributed by atoms with E-state index in [0.29, 0.717) is 11.0 Å². The van der Waals surface area contributed by atoms with Gasteiger partial charge in [0, 0.05) is 17.2 Å². The van der Waals surface area contributed by atoms with Crippen molar-refractivity contribution in [3.8, 4) is 0 Å². The Bertz CT molecular complexity index is 476. The van der Waals surface area contributed by atoms with Gasteiger partial charge in [-0.3, -0.25) is 4.79 Å². The average molecular weight is 347 g/mol. The lowest BCUT2D eigenvalue weighted by Gasteiger charge is -2.23. The highest BCUT2D eigenvalue weighted by Crippen LogP contribution is 2.45. The fraction of sp³-hybridized carbons (Fsp3) is 0.533. The second-order valence-corrected chi connectivity index (χ2v) is 8.04. The Morgan fingerprint density at radius 1 is 1.43 bits per heavy atom. The van der Waals surface area contributed by atoms with Crippen molar-refractivity contribution < 1.29 is 4.79 Å². The van der Waals surface area contributed by atoms with Crippen LogP contribution in [0.15, 0.2) is 24.3 Å². The Labute approximate surface area is 141 Å². The zero-order valence-corrected chi connectivity index (χ0v) is 14.9. The summed E-state index contributed by atoms with van der Waals surface area (Å²) < 4.78 is 0.492. The lowest BCUT2D eigenvalue weighted by molar-refractivity contribution is -0.120. The molecular weight excluding hydrogens is 324 g/mol. The predicted octanol–water partition coefficient (Wildman–Crippen LogP) is 4.04. The summed E-state index contributed by atoms with van der Waals surface area (Å²) in [5.41, 5.74) is 7.36. The van der Waals surface area contributed by atoms with E-state index in [2.05, 4.69) is 17.4 Å². The van der Waals surface area contributed by atoms with Crippen molar-refractivity contribution >= 4 is 47.5 Å². The highest BCUT2D eigenvalue weighted by molar-refractivity contribution is 8.19. The summed E-state index contributed by atoms with van der Waals surface area (Å²) in [4.78, 5) is 12.2. The second kappa shape index (κ2) is 8.32. The first-order chi connectivity index (χ1) is 9.53. The summed E-state index contributed by atoms with van der Waals surface area (Å²) >= 11 is 3.92. The molecule has 3 N–H and O–H groups in total. The Hall–Kier alpha value is -0.360. The molecule has 1 unspecified atom stereocenters.